The minimum absolute atomic E-state index is 0.0211. The van der Waals surface area contributed by atoms with E-state index in [-0.39, 0.29) is 17.3 Å². The summed E-state index contributed by atoms with van der Waals surface area (Å²) in [6, 6.07) is 3.24. The van der Waals surface area contributed by atoms with Gasteiger partial charge in [-0.05, 0) is 12.1 Å². The topological polar surface area (TPSA) is 103 Å². The average molecular weight is 289 g/mol. The number of aromatic nitrogens is 3. The van der Waals surface area contributed by atoms with Crippen molar-refractivity contribution in [1.82, 2.24) is 19.7 Å². The van der Waals surface area contributed by atoms with Crippen molar-refractivity contribution in [1.29, 1.82) is 0 Å². The minimum atomic E-state index is -0.620. The SMILES string of the molecule is COC(=O)c1nn(-c2ccc(C(=O)N(C)C)cn2)cc1N. The number of nitrogens with zero attached hydrogens (tertiary/aromatic N) is 4. The molecule has 0 spiro atoms. The zero-order chi connectivity index (χ0) is 15.6. The van der Waals surface area contributed by atoms with E-state index in [1.54, 1.807) is 26.2 Å². The first-order valence-electron chi connectivity index (χ1n) is 6.05. The number of carbonyl (C=O) groups is 2. The van der Waals surface area contributed by atoms with Crippen LogP contribution in [-0.2, 0) is 4.74 Å². The molecule has 1 amide bonds. The molecule has 0 bridgehead atoms. The molecule has 2 aromatic heterocycles. The second-order valence-electron chi connectivity index (χ2n) is 4.47. The number of nitrogen functional groups attached to an aromatic ring is 1. The highest BCUT2D eigenvalue weighted by Crippen LogP contribution is 2.14. The fraction of sp³-hybridized carbons (Fsp3) is 0.231. The number of pyridine rings is 1. The Hall–Kier alpha value is -2.90. The lowest BCUT2D eigenvalue weighted by atomic mass is 10.2. The number of amides is 1. The summed E-state index contributed by atoms with van der Waals surface area (Å²) in [6.45, 7) is 0. The summed E-state index contributed by atoms with van der Waals surface area (Å²) in [7, 11) is 4.57. The Kier molecular flexibility index (Phi) is 3.88. The smallest absolute Gasteiger partial charge is 0.360 e. The molecule has 21 heavy (non-hydrogen) atoms. The highest BCUT2D eigenvalue weighted by atomic mass is 16.5. The first kappa shape index (κ1) is 14.5. The van der Waals surface area contributed by atoms with Gasteiger partial charge in [0.05, 0.1) is 24.6 Å². The Labute approximate surface area is 121 Å². The molecule has 0 saturated heterocycles. The van der Waals surface area contributed by atoms with Crippen LogP contribution in [0.3, 0.4) is 0 Å². The molecule has 0 atom stereocenters. The lowest BCUT2D eigenvalue weighted by Crippen LogP contribution is -2.21. The van der Waals surface area contributed by atoms with Gasteiger partial charge in [-0.2, -0.15) is 5.10 Å². The maximum atomic E-state index is 11.8. The number of nitrogens with two attached hydrogens (primary N) is 1. The maximum Gasteiger partial charge on any atom is 0.360 e. The summed E-state index contributed by atoms with van der Waals surface area (Å²) >= 11 is 0. The lowest BCUT2D eigenvalue weighted by molar-refractivity contribution is 0.0594. The second-order valence-corrected chi connectivity index (χ2v) is 4.47. The van der Waals surface area contributed by atoms with Crippen molar-refractivity contribution in [2.45, 2.75) is 0 Å². The Morgan fingerprint density at radius 2 is 2.05 bits per heavy atom. The molecule has 0 radical (unpaired) electrons. The van der Waals surface area contributed by atoms with Crippen LogP contribution in [0, 0.1) is 0 Å². The standard InChI is InChI=1S/C13H15N5O3/c1-17(2)12(19)8-4-5-10(15-6-8)18-7-9(14)11(16-18)13(20)21-3/h4-7H,14H2,1-3H3. The van der Waals surface area contributed by atoms with Gasteiger partial charge in [0.15, 0.2) is 11.5 Å². The predicted molar refractivity (Wildman–Crippen MR) is 75.1 cm³/mol. The Balaban J connectivity index is 2.31. The number of esters is 1. The number of anilines is 1. The van der Waals surface area contributed by atoms with Gasteiger partial charge in [0, 0.05) is 20.3 Å². The zero-order valence-corrected chi connectivity index (χ0v) is 11.9. The van der Waals surface area contributed by atoms with Crippen LogP contribution in [0.15, 0.2) is 24.5 Å². The first-order chi connectivity index (χ1) is 9.93. The van der Waals surface area contributed by atoms with Crippen molar-refractivity contribution in [3.63, 3.8) is 0 Å². The molecule has 2 heterocycles. The van der Waals surface area contributed by atoms with E-state index in [4.69, 9.17) is 5.73 Å². The maximum absolute atomic E-state index is 11.8. The van der Waals surface area contributed by atoms with Crippen LogP contribution in [0.4, 0.5) is 5.69 Å². The summed E-state index contributed by atoms with van der Waals surface area (Å²) in [6.07, 6.45) is 2.90. The minimum Gasteiger partial charge on any atom is -0.464 e. The van der Waals surface area contributed by atoms with Crippen molar-refractivity contribution in [3.05, 3.63) is 35.8 Å². The Morgan fingerprint density at radius 1 is 1.33 bits per heavy atom. The van der Waals surface area contributed by atoms with E-state index in [1.807, 2.05) is 0 Å². The number of methoxy groups -OCH3 is 1. The molecule has 2 N–H and O–H groups in total. The van der Waals surface area contributed by atoms with Gasteiger partial charge >= 0.3 is 5.97 Å². The van der Waals surface area contributed by atoms with Crippen LogP contribution in [0.1, 0.15) is 20.8 Å². The van der Waals surface area contributed by atoms with Crippen LogP contribution in [-0.4, -0.2) is 52.7 Å². The number of hydrogen-bond acceptors (Lipinski definition) is 6. The molecule has 0 saturated carbocycles. The highest BCUT2D eigenvalue weighted by Gasteiger charge is 2.16. The van der Waals surface area contributed by atoms with Crippen molar-refractivity contribution in [3.8, 4) is 5.82 Å². The number of hydrogen-bond donors (Lipinski definition) is 1. The molecule has 0 aromatic carbocycles. The third-order valence-corrected chi connectivity index (χ3v) is 2.76. The number of rotatable bonds is 3. The van der Waals surface area contributed by atoms with E-state index < -0.39 is 5.97 Å². The molecular formula is C13H15N5O3. The van der Waals surface area contributed by atoms with Gasteiger partial charge in [-0.15, -0.1) is 0 Å². The third-order valence-electron chi connectivity index (χ3n) is 2.76. The van der Waals surface area contributed by atoms with Crippen LogP contribution in [0.2, 0.25) is 0 Å². The van der Waals surface area contributed by atoms with Gasteiger partial charge in [0.1, 0.15) is 0 Å². The fourth-order valence-corrected chi connectivity index (χ4v) is 1.67. The monoisotopic (exact) mass is 289 g/mol. The molecule has 0 aliphatic heterocycles. The molecule has 2 rings (SSSR count). The van der Waals surface area contributed by atoms with E-state index in [0.29, 0.717) is 11.4 Å². The molecule has 2 aromatic rings. The highest BCUT2D eigenvalue weighted by molar-refractivity contribution is 5.94. The second kappa shape index (κ2) is 5.61. The summed E-state index contributed by atoms with van der Waals surface area (Å²) < 4.78 is 5.93. The van der Waals surface area contributed by atoms with Crippen molar-refractivity contribution >= 4 is 17.6 Å². The van der Waals surface area contributed by atoms with Gasteiger partial charge in [0.25, 0.3) is 5.91 Å². The summed E-state index contributed by atoms with van der Waals surface area (Å²) in [5, 5.41) is 4.02. The van der Waals surface area contributed by atoms with Gasteiger partial charge in [-0.3, -0.25) is 4.79 Å². The third kappa shape index (κ3) is 2.83. The molecule has 0 aliphatic carbocycles. The Bertz CT molecular complexity index is 676. The summed E-state index contributed by atoms with van der Waals surface area (Å²) in [5.41, 5.74) is 6.37. The van der Waals surface area contributed by atoms with Crippen molar-refractivity contribution in [2.75, 3.05) is 26.9 Å². The van der Waals surface area contributed by atoms with Crippen LogP contribution in [0.5, 0.6) is 0 Å². The lowest BCUT2D eigenvalue weighted by Gasteiger charge is -2.09. The number of ether oxygens (including phenoxy) is 1. The first-order valence-corrected chi connectivity index (χ1v) is 6.05. The molecular weight excluding hydrogens is 274 g/mol. The zero-order valence-electron chi connectivity index (χ0n) is 11.9. The molecule has 8 heteroatoms. The molecule has 0 unspecified atom stereocenters. The fourth-order valence-electron chi connectivity index (χ4n) is 1.67. The van der Waals surface area contributed by atoms with Crippen molar-refractivity contribution < 1.29 is 14.3 Å². The van der Waals surface area contributed by atoms with Gasteiger partial charge < -0.3 is 15.4 Å². The van der Waals surface area contributed by atoms with E-state index in [2.05, 4.69) is 14.8 Å². The van der Waals surface area contributed by atoms with E-state index in [0.717, 1.165) is 0 Å². The van der Waals surface area contributed by atoms with Crippen LogP contribution >= 0.6 is 0 Å². The quantitative estimate of drug-likeness (QED) is 0.817. The predicted octanol–water partition coefficient (Wildman–Crippen LogP) is 0.338. The van der Waals surface area contributed by atoms with Gasteiger partial charge in [-0.1, -0.05) is 0 Å². The van der Waals surface area contributed by atoms with E-state index in [9.17, 15) is 9.59 Å². The number of carbonyl (C=O) groups excluding carboxylic acids is 2. The van der Waals surface area contributed by atoms with Gasteiger partial charge in [0.2, 0.25) is 0 Å². The van der Waals surface area contributed by atoms with Crippen molar-refractivity contribution in [2.24, 2.45) is 0 Å². The molecule has 110 valence electrons. The summed E-state index contributed by atoms with van der Waals surface area (Å²) in [4.78, 5) is 28.8. The molecule has 0 aliphatic rings. The van der Waals surface area contributed by atoms with Crippen LogP contribution in [0.25, 0.3) is 5.82 Å². The molecule has 0 fully saturated rings. The summed E-state index contributed by atoms with van der Waals surface area (Å²) in [5.74, 6) is -0.331. The van der Waals surface area contributed by atoms with E-state index >= 15 is 0 Å². The largest absolute Gasteiger partial charge is 0.464 e. The normalized spacial score (nSPS) is 10.2. The Morgan fingerprint density at radius 3 is 2.57 bits per heavy atom. The molecule has 8 nitrogen and oxygen atoms in total. The van der Waals surface area contributed by atoms with E-state index in [1.165, 1.54) is 29.1 Å². The van der Waals surface area contributed by atoms with Crippen LogP contribution < -0.4 is 5.73 Å². The average Bonchev–Trinajstić information content (AvgIpc) is 2.87. The van der Waals surface area contributed by atoms with Gasteiger partial charge in [-0.25, -0.2) is 14.5 Å².